The Labute approximate surface area is 137 Å². The number of carbonyl (C=O) groups is 1. The first kappa shape index (κ1) is 16.7. The maximum atomic E-state index is 12.0. The minimum Gasteiger partial charge on any atom is -0.497 e. The van der Waals surface area contributed by atoms with Crippen molar-refractivity contribution >= 4 is 11.6 Å². The molecule has 1 amide bonds. The number of rotatable bonds is 6. The van der Waals surface area contributed by atoms with Crippen molar-refractivity contribution in [3.05, 3.63) is 65.2 Å². The first-order chi connectivity index (χ1) is 11.1. The van der Waals surface area contributed by atoms with Gasteiger partial charge in [-0.25, -0.2) is 5.43 Å². The summed E-state index contributed by atoms with van der Waals surface area (Å²) in [5.41, 5.74) is 6.60. The highest BCUT2D eigenvalue weighted by atomic mass is 16.5. The van der Waals surface area contributed by atoms with Crippen LogP contribution in [0.2, 0.25) is 0 Å². The van der Waals surface area contributed by atoms with Gasteiger partial charge in [0.1, 0.15) is 5.75 Å². The molecule has 0 saturated heterocycles. The average molecular weight is 310 g/mol. The lowest BCUT2D eigenvalue weighted by molar-refractivity contribution is -0.120. The highest BCUT2D eigenvalue weighted by Crippen LogP contribution is 2.11. The molecule has 0 unspecified atom stereocenters. The molecule has 4 heteroatoms. The number of carbonyl (C=O) groups excluding carboxylic acids is 1. The van der Waals surface area contributed by atoms with E-state index < -0.39 is 0 Å². The number of benzene rings is 2. The fraction of sp³-hybridized carbons (Fsp3) is 0.263. The van der Waals surface area contributed by atoms with E-state index in [2.05, 4.69) is 29.6 Å². The molecule has 4 nitrogen and oxygen atoms in total. The molecule has 1 N–H and O–H groups in total. The molecule has 0 aromatic heterocycles. The Morgan fingerprint density at radius 2 is 1.65 bits per heavy atom. The molecule has 0 radical (unpaired) electrons. The van der Waals surface area contributed by atoms with E-state index in [9.17, 15) is 4.79 Å². The SMILES string of the molecule is CCc1ccc(/C(C)=N\NC(=O)Cc2ccc(OC)cc2)cc1. The van der Waals surface area contributed by atoms with Gasteiger partial charge in [0.25, 0.3) is 0 Å². The quantitative estimate of drug-likeness (QED) is 0.657. The topological polar surface area (TPSA) is 50.7 Å². The molecule has 0 aliphatic carbocycles. The highest BCUT2D eigenvalue weighted by Gasteiger charge is 2.04. The number of hydrogen-bond donors (Lipinski definition) is 1. The van der Waals surface area contributed by atoms with Gasteiger partial charge in [0.05, 0.1) is 19.2 Å². The highest BCUT2D eigenvalue weighted by molar-refractivity contribution is 5.99. The molecule has 2 aromatic carbocycles. The van der Waals surface area contributed by atoms with E-state index in [4.69, 9.17) is 4.74 Å². The summed E-state index contributed by atoms with van der Waals surface area (Å²) in [7, 11) is 1.62. The summed E-state index contributed by atoms with van der Waals surface area (Å²) in [5.74, 6) is 0.637. The van der Waals surface area contributed by atoms with Gasteiger partial charge in [0.15, 0.2) is 0 Å². The number of nitrogens with one attached hydrogen (secondary N) is 1. The Kier molecular flexibility index (Phi) is 5.92. The standard InChI is InChI=1S/C19H22N2O2/c1-4-15-5-9-17(10-6-15)14(2)20-21-19(22)13-16-7-11-18(23-3)12-8-16/h5-12H,4,13H2,1-3H3,(H,21,22)/b20-14-. The zero-order chi connectivity index (χ0) is 16.7. The van der Waals surface area contributed by atoms with E-state index in [1.165, 1.54) is 5.56 Å². The number of nitrogens with zero attached hydrogens (tertiary/aromatic N) is 1. The lowest BCUT2D eigenvalue weighted by Crippen LogP contribution is -2.21. The van der Waals surface area contributed by atoms with Crippen molar-refractivity contribution in [1.82, 2.24) is 5.43 Å². The van der Waals surface area contributed by atoms with Crippen molar-refractivity contribution in [3.8, 4) is 5.75 Å². The summed E-state index contributed by atoms with van der Waals surface area (Å²) < 4.78 is 5.10. The van der Waals surface area contributed by atoms with Crippen LogP contribution in [0.25, 0.3) is 0 Å². The normalized spacial score (nSPS) is 11.2. The van der Waals surface area contributed by atoms with Crippen LogP contribution in [0.15, 0.2) is 53.6 Å². The van der Waals surface area contributed by atoms with Gasteiger partial charge in [0, 0.05) is 0 Å². The number of hydrazone groups is 1. The van der Waals surface area contributed by atoms with E-state index >= 15 is 0 Å². The van der Waals surface area contributed by atoms with Crippen molar-refractivity contribution in [2.75, 3.05) is 7.11 Å². The van der Waals surface area contributed by atoms with Crippen LogP contribution < -0.4 is 10.2 Å². The van der Waals surface area contributed by atoms with Crippen LogP contribution in [0.5, 0.6) is 5.75 Å². The molecule has 0 atom stereocenters. The number of ether oxygens (including phenoxy) is 1. The summed E-state index contributed by atoms with van der Waals surface area (Å²) in [6.07, 6.45) is 1.30. The second-order valence-corrected chi connectivity index (χ2v) is 5.31. The van der Waals surface area contributed by atoms with Crippen molar-refractivity contribution < 1.29 is 9.53 Å². The first-order valence-corrected chi connectivity index (χ1v) is 7.67. The van der Waals surface area contributed by atoms with Crippen molar-refractivity contribution in [2.24, 2.45) is 5.10 Å². The second-order valence-electron chi connectivity index (χ2n) is 5.31. The zero-order valence-corrected chi connectivity index (χ0v) is 13.8. The van der Waals surface area contributed by atoms with Crippen LogP contribution in [0.1, 0.15) is 30.5 Å². The largest absolute Gasteiger partial charge is 0.497 e. The Bertz CT molecular complexity index is 674. The van der Waals surface area contributed by atoms with Gasteiger partial charge in [-0.05, 0) is 42.2 Å². The summed E-state index contributed by atoms with van der Waals surface area (Å²) in [6.45, 7) is 4.00. The summed E-state index contributed by atoms with van der Waals surface area (Å²) in [5, 5.41) is 4.17. The molecule has 0 heterocycles. The number of hydrogen-bond acceptors (Lipinski definition) is 3. The number of methoxy groups -OCH3 is 1. The van der Waals surface area contributed by atoms with E-state index in [0.29, 0.717) is 0 Å². The molecular formula is C19H22N2O2. The van der Waals surface area contributed by atoms with Gasteiger partial charge in [-0.3, -0.25) is 4.79 Å². The molecule has 2 rings (SSSR count). The second kappa shape index (κ2) is 8.13. The van der Waals surface area contributed by atoms with E-state index in [0.717, 1.165) is 29.0 Å². The van der Waals surface area contributed by atoms with Gasteiger partial charge in [-0.2, -0.15) is 5.10 Å². The van der Waals surface area contributed by atoms with Crippen LogP contribution in [-0.4, -0.2) is 18.7 Å². The predicted octanol–water partition coefficient (Wildman–Crippen LogP) is 3.34. The van der Waals surface area contributed by atoms with E-state index in [1.54, 1.807) is 7.11 Å². The van der Waals surface area contributed by atoms with E-state index in [1.807, 2.05) is 43.3 Å². The van der Waals surface area contributed by atoms with E-state index in [-0.39, 0.29) is 12.3 Å². The maximum absolute atomic E-state index is 12.0. The lowest BCUT2D eigenvalue weighted by Gasteiger charge is -2.05. The maximum Gasteiger partial charge on any atom is 0.244 e. The minimum atomic E-state index is -0.139. The Balaban J connectivity index is 1.93. The van der Waals surface area contributed by atoms with Gasteiger partial charge >= 0.3 is 0 Å². The number of aryl methyl sites for hydroxylation is 1. The Morgan fingerprint density at radius 3 is 2.22 bits per heavy atom. The molecule has 0 bridgehead atoms. The van der Waals surface area contributed by atoms with Gasteiger partial charge in [-0.1, -0.05) is 43.3 Å². The average Bonchev–Trinajstić information content (AvgIpc) is 2.60. The van der Waals surface area contributed by atoms with Crippen LogP contribution in [0.3, 0.4) is 0 Å². The zero-order valence-electron chi connectivity index (χ0n) is 13.8. The van der Waals surface area contributed by atoms with Gasteiger partial charge in [-0.15, -0.1) is 0 Å². The summed E-state index contributed by atoms with van der Waals surface area (Å²) >= 11 is 0. The molecule has 0 fully saturated rings. The van der Waals surface area contributed by atoms with Gasteiger partial charge < -0.3 is 4.74 Å². The fourth-order valence-corrected chi connectivity index (χ4v) is 2.16. The van der Waals surface area contributed by atoms with Crippen molar-refractivity contribution in [2.45, 2.75) is 26.7 Å². The minimum absolute atomic E-state index is 0.139. The predicted molar refractivity (Wildman–Crippen MR) is 92.9 cm³/mol. The van der Waals surface area contributed by atoms with Crippen LogP contribution >= 0.6 is 0 Å². The smallest absolute Gasteiger partial charge is 0.244 e. The van der Waals surface area contributed by atoms with Crippen LogP contribution in [0.4, 0.5) is 0 Å². The third-order valence-electron chi connectivity index (χ3n) is 3.65. The number of amides is 1. The van der Waals surface area contributed by atoms with Gasteiger partial charge in [0.2, 0.25) is 5.91 Å². The molecule has 0 aliphatic rings. The molecule has 2 aromatic rings. The monoisotopic (exact) mass is 310 g/mol. The molecule has 0 aliphatic heterocycles. The molecule has 23 heavy (non-hydrogen) atoms. The van der Waals surface area contributed by atoms with Crippen molar-refractivity contribution in [3.63, 3.8) is 0 Å². The summed E-state index contributed by atoms with van der Waals surface area (Å²) in [6, 6.07) is 15.6. The fourth-order valence-electron chi connectivity index (χ4n) is 2.16. The molecule has 120 valence electrons. The van der Waals surface area contributed by atoms with Crippen LogP contribution in [-0.2, 0) is 17.6 Å². The lowest BCUT2D eigenvalue weighted by atomic mass is 10.1. The summed E-state index contributed by atoms with van der Waals surface area (Å²) in [4.78, 5) is 12.0. The Morgan fingerprint density at radius 1 is 1.04 bits per heavy atom. The third kappa shape index (κ3) is 4.95. The van der Waals surface area contributed by atoms with Crippen LogP contribution in [0, 0.1) is 0 Å². The van der Waals surface area contributed by atoms with Crippen molar-refractivity contribution in [1.29, 1.82) is 0 Å². The Hall–Kier alpha value is -2.62. The molecular weight excluding hydrogens is 288 g/mol. The molecule has 0 spiro atoms. The first-order valence-electron chi connectivity index (χ1n) is 7.67. The molecule has 0 saturated carbocycles. The third-order valence-corrected chi connectivity index (χ3v) is 3.65.